The second-order valence-corrected chi connectivity index (χ2v) is 14.5. The minimum atomic E-state index is 0.760. The lowest BCUT2D eigenvalue weighted by Crippen LogP contribution is -2.01. The van der Waals surface area contributed by atoms with Gasteiger partial charge in [-0.1, -0.05) is 121 Å². The number of hydrogen-bond acceptors (Lipinski definition) is 4. The Balaban J connectivity index is 1.11. The van der Waals surface area contributed by atoms with Crippen LogP contribution in [0.2, 0.25) is 0 Å². The summed E-state index contributed by atoms with van der Waals surface area (Å²) in [6.07, 6.45) is 3.84. The van der Waals surface area contributed by atoms with Crippen LogP contribution in [-0.2, 0) is 0 Å². The zero-order valence-electron chi connectivity index (χ0n) is 29.7. The number of fused-ring (bicyclic) bond motifs is 18. The molecule has 4 aromatic heterocycles. The molecule has 0 bridgehead atoms. The van der Waals surface area contributed by atoms with E-state index < -0.39 is 0 Å². The fraction of sp³-hybridized carbons (Fsp3) is 0. The Bertz CT molecular complexity index is 3510. The molecule has 0 spiro atoms. The van der Waals surface area contributed by atoms with Gasteiger partial charge in [0.1, 0.15) is 5.52 Å². The Hall–Kier alpha value is -7.88. The monoisotopic (exact) mass is 710 g/mol. The van der Waals surface area contributed by atoms with Gasteiger partial charge in [0.15, 0.2) is 11.6 Å². The smallest absolute Gasteiger partial charge is 0.156 e. The van der Waals surface area contributed by atoms with Gasteiger partial charge in [-0.2, -0.15) is 0 Å². The van der Waals surface area contributed by atoms with E-state index in [1.807, 2.05) is 18.5 Å². The molecule has 0 saturated carbocycles. The average molecular weight is 711 g/mol. The van der Waals surface area contributed by atoms with Crippen molar-refractivity contribution in [2.45, 2.75) is 0 Å². The van der Waals surface area contributed by atoms with Gasteiger partial charge < -0.3 is 0 Å². The normalized spacial score (nSPS) is 12.1. The first-order valence-corrected chi connectivity index (χ1v) is 18.7. The fourth-order valence-electron chi connectivity index (χ4n) is 9.22. The summed E-state index contributed by atoms with van der Waals surface area (Å²) < 4.78 is 4.53. The molecule has 0 amide bonds. The van der Waals surface area contributed by atoms with Gasteiger partial charge in [-0.05, 0) is 47.2 Å². The summed E-state index contributed by atoms with van der Waals surface area (Å²) in [4.78, 5) is 21.1. The number of benzene rings is 8. The maximum Gasteiger partial charge on any atom is 0.156 e. The van der Waals surface area contributed by atoms with Gasteiger partial charge in [0.2, 0.25) is 0 Å². The molecule has 0 radical (unpaired) electrons. The van der Waals surface area contributed by atoms with Crippen LogP contribution in [0.4, 0.5) is 0 Å². The van der Waals surface area contributed by atoms with Crippen LogP contribution in [0.15, 0.2) is 158 Å². The first-order chi connectivity index (χ1) is 27.8. The number of nitrogens with zero attached hydrogens (tertiary/aromatic N) is 6. The van der Waals surface area contributed by atoms with Crippen molar-refractivity contribution in [3.63, 3.8) is 0 Å². The van der Waals surface area contributed by atoms with Crippen LogP contribution >= 0.6 is 0 Å². The lowest BCUT2D eigenvalue weighted by molar-refractivity contribution is 1.07. The van der Waals surface area contributed by atoms with Crippen molar-refractivity contribution >= 4 is 109 Å². The highest BCUT2D eigenvalue weighted by Crippen LogP contribution is 2.41. The zero-order valence-corrected chi connectivity index (χ0v) is 29.7. The van der Waals surface area contributed by atoms with E-state index in [0.717, 1.165) is 110 Å². The minimum Gasteiger partial charge on any atom is -0.292 e. The first kappa shape index (κ1) is 29.6. The Morgan fingerprint density at radius 2 is 0.786 bits per heavy atom. The van der Waals surface area contributed by atoms with Gasteiger partial charge in [0.25, 0.3) is 0 Å². The SMILES string of the molecule is c1ccc2c(c#1)c1ccccc1c1ncc(-n3c4ccccc4c4cc5c(cc43)c3ccccc3n5-c3cnc4c5ccccc5c5ccccc5c4n3)nc21. The fourth-order valence-corrected chi connectivity index (χ4v) is 9.22. The van der Waals surface area contributed by atoms with Crippen molar-refractivity contribution in [2.24, 2.45) is 0 Å². The summed E-state index contributed by atoms with van der Waals surface area (Å²) in [5.74, 6) is 1.54. The van der Waals surface area contributed by atoms with Crippen molar-refractivity contribution in [3.8, 4) is 11.6 Å². The molecular weight excluding hydrogens is 685 g/mol. The first-order valence-electron chi connectivity index (χ1n) is 18.7. The summed E-state index contributed by atoms with van der Waals surface area (Å²) in [7, 11) is 0. The summed E-state index contributed by atoms with van der Waals surface area (Å²) in [5.41, 5.74) is 7.78. The molecule has 56 heavy (non-hydrogen) atoms. The number of hydrogen-bond donors (Lipinski definition) is 0. The molecule has 13 rings (SSSR count). The largest absolute Gasteiger partial charge is 0.292 e. The number of rotatable bonds is 2. The number of para-hydroxylation sites is 2. The topological polar surface area (TPSA) is 61.4 Å². The highest BCUT2D eigenvalue weighted by Gasteiger charge is 2.21. The molecule has 0 fully saturated rings. The van der Waals surface area contributed by atoms with E-state index in [0.29, 0.717) is 0 Å². The summed E-state index contributed by atoms with van der Waals surface area (Å²) in [5, 5.41) is 13.2. The van der Waals surface area contributed by atoms with E-state index in [1.54, 1.807) is 0 Å². The summed E-state index contributed by atoms with van der Waals surface area (Å²) >= 11 is 0. The molecule has 0 aliphatic heterocycles. The molecule has 0 atom stereocenters. The molecule has 0 N–H and O–H groups in total. The van der Waals surface area contributed by atoms with E-state index in [-0.39, 0.29) is 0 Å². The molecule has 4 heterocycles. The second kappa shape index (κ2) is 10.8. The second-order valence-electron chi connectivity index (χ2n) is 14.5. The Morgan fingerprint density at radius 3 is 1.34 bits per heavy atom. The van der Waals surface area contributed by atoms with Gasteiger partial charge in [-0.25, -0.2) is 9.97 Å². The molecular formula is C50H26N6. The highest BCUT2D eigenvalue weighted by atomic mass is 15.1. The Morgan fingerprint density at radius 1 is 0.357 bits per heavy atom. The van der Waals surface area contributed by atoms with Gasteiger partial charge >= 0.3 is 0 Å². The Labute approximate surface area is 318 Å². The molecule has 0 aliphatic carbocycles. The summed E-state index contributed by atoms with van der Waals surface area (Å²) in [6.45, 7) is 0. The number of aromatic nitrogens is 6. The van der Waals surface area contributed by atoms with E-state index in [1.165, 1.54) is 10.8 Å². The minimum absolute atomic E-state index is 0.760. The van der Waals surface area contributed by atoms with Crippen LogP contribution in [-0.4, -0.2) is 29.1 Å². The van der Waals surface area contributed by atoms with E-state index in [9.17, 15) is 0 Å². The molecule has 6 nitrogen and oxygen atoms in total. The van der Waals surface area contributed by atoms with Crippen LogP contribution in [0.25, 0.3) is 120 Å². The lowest BCUT2D eigenvalue weighted by atomic mass is 10.00. The van der Waals surface area contributed by atoms with Crippen LogP contribution in [0.5, 0.6) is 0 Å². The van der Waals surface area contributed by atoms with E-state index in [4.69, 9.17) is 19.9 Å². The van der Waals surface area contributed by atoms with Crippen molar-refractivity contribution in [3.05, 3.63) is 170 Å². The third kappa shape index (κ3) is 3.85. The molecule has 9 aromatic carbocycles. The van der Waals surface area contributed by atoms with Gasteiger partial charge in [0.05, 0.1) is 51.0 Å². The van der Waals surface area contributed by atoms with E-state index in [2.05, 4.69) is 161 Å². The molecule has 256 valence electrons. The van der Waals surface area contributed by atoms with Crippen LogP contribution in [0.3, 0.4) is 0 Å². The average Bonchev–Trinajstić information content (AvgIpc) is 3.77. The third-order valence-electron chi connectivity index (χ3n) is 11.6. The van der Waals surface area contributed by atoms with Crippen molar-refractivity contribution in [1.29, 1.82) is 0 Å². The molecule has 0 aliphatic rings. The molecule has 0 saturated heterocycles. The maximum absolute atomic E-state index is 5.44. The summed E-state index contributed by atoms with van der Waals surface area (Å²) in [6, 6.07) is 57.6. The van der Waals surface area contributed by atoms with E-state index >= 15 is 0 Å². The highest BCUT2D eigenvalue weighted by molar-refractivity contribution is 6.24. The standard InChI is InChI=1S/C50H26N6/c1-5-19-35-29(13-1)31-15-3-7-21-37(31)49-47(35)51-27-45(53-49)55-41-23-11-9-17-33(41)39-26-44-40(25-43(39)55)34-18-10-12-24-42(34)56(44)46-28-52-48-36-20-6-2-14-30(36)32-16-4-8-22-38(32)50(48)54-46/h1-3,5-15,17-28H. The van der Waals surface area contributed by atoms with Crippen LogP contribution in [0.1, 0.15) is 0 Å². The van der Waals surface area contributed by atoms with Crippen LogP contribution < -0.4 is 0 Å². The Kier molecular flexibility index (Phi) is 5.73. The van der Waals surface area contributed by atoms with Crippen molar-refractivity contribution in [1.82, 2.24) is 29.1 Å². The molecule has 6 heteroatoms. The van der Waals surface area contributed by atoms with Gasteiger partial charge in [-0.3, -0.25) is 19.1 Å². The van der Waals surface area contributed by atoms with Crippen molar-refractivity contribution in [2.75, 3.05) is 0 Å². The zero-order chi connectivity index (χ0) is 36.5. The predicted molar refractivity (Wildman–Crippen MR) is 229 cm³/mol. The van der Waals surface area contributed by atoms with Gasteiger partial charge in [-0.15, -0.1) is 0 Å². The van der Waals surface area contributed by atoms with Crippen molar-refractivity contribution < 1.29 is 0 Å². The molecule has 0 unspecified atom stereocenters. The quantitative estimate of drug-likeness (QED) is 0.168. The maximum atomic E-state index is 5.44. The third-order valence-corrected chi connectivity index (χ3v) is 11.6. The predicted octanol–water partition coefficient (Wildman–Crippen LogP) is 12.0. The lowest BCUT2D eigenvalue weighted by Gasteiger charge is -2.12. The molecule has 13 aromatic rings. The van der Waals surface area contributed by atoms with Crippen LogP contribution in [0, 0.1) is 12.1 Å². The van der Waals surface area contributed by atoms with Gasteiger partial charge in [0, 0.05) is 53.9 Å².